The molecule has 1 aliphatic rings. The molecular weight excluding hydrogens is 358 g/mol. The van der Waals surface area contributed by atoms with Gasteiger partial charge >= 0.3 is 11.8 Å². The van der Waals surface area contributed by atoms with E-state index in [2.05, 4.69) is 10.6 Å². The summed E-state index contributed by atoms with van der Waals surface area (Å²) in [5, 5.41) is 15.5. The molecule has 0 radical (unpaired) electrons. The molecule has 3 amide bonds. The van der Waals surface area contributed by atoms with E-state index in [4.69, 9.17) is 0 Å². The molecule has 1 fully saturated rings. The van der Waals surface area contributed by atoms with Gasteiger partial charge in [-0.25, -0.2) is 0 Å². The first-order valence-corrected chi connectivity index (χ1v) is 9.14. The molecule has 2 aromatic carbocycles. The van der Waals surface area contributed by atoms with E-state index in [-0.39, 0.29) is 12.5 Å². The third-order valence-electron chi connectivity index (χ3n) is 4.68. The largest absolute Gasteiger partial charge is 0.384 e. The summed E-state index contributed by atoms with van der Waals surface area (Å²) >= 11 is 0. The Morgan fingerprint density at radius 2 is 1.86 bits per heavy atom. The summed E-state index contributed by atoms with van der Waals surface area (Å²) in [7, 11) is 0. The molecule has 1 aliphatic heterocycles. The molecule has 0 saturated carbocycles. The van der Waals surface area contributed by atoms with Gasteiger partial charge in [0.1, 0.15) is 5.60 Å². The number of hydrogen-bond acceptors (Lipinski definition) is 4. The molecule has 1 unspecified atom stereocenters. The van der Waals surface area contributed by atoms with Gasteiger partial charge in [0.25, 0.3) is 0 Å². The van der Waals surface area contributed by atoms with Gasteiger partial charge in [-0.05, 0) is 37.1 Å². The molecule has 3 rings (SSSR count). The van der Waals surface area contributed by atoms with Gasteiger partial charge in [-0.3, -0.25) is 14.4 Å². The van der Waals surface area contributed by atoms with Crippen LogP contribution in [0, 0.1) is 0 Å². The van der Waals surface area contributed by atoms with Crippen molar-refractivity contribution in [3.05, 3.63) is 60.2 Å². The average Bonchev–Trinajstić information content (AvgIpc) is 3.13. The molecule has 28 heavy (non-hydrogen) atoms. The summed E-state index contributed by atoms with van der Waals surface area (Å²) in [6.07, 6.45) is 1.32. The smallest absolute Gasteiger partial charge is 0.313 e. The number of aliphatic hydroxyl groups is 1. The van der Waals surface area contributed by atoms with E-state index in [1.54, 1.807) is 60.4 Å². The Balaban J connectivity index is 1.59. The summed E-state index contributed by atoms with van der Waals surface area (Å²) in [6.45, 7) is 2.11. The van der Waals surface area contributed by atoms with Crippen molar-refractivity contribution in [1.82, 2.24) is 5.32 Å². The molecular formula is C21H23N3O4. The zero-order valence-electron chi connectivity index (χ0n) is 15.6. The number of anilines is 2. The van der Waals surface area contributed by atoms with E-state index in [9.17, 15) is 19.5 Å². The maximum absolute atomic E-state index is 12.2. The Bertz CT molecular complexity index is 880. The monoisotopic (exact) mass is 381 g/mol. The van der Waals surface area contributed by atoms with Gasteiger partial charge in [0, 0.05) is 24.3 Å². The van der Waals surface area contributed by atoms with Crippen molar-refractivity contribution in [1.29, 1.82) is 0 Å². The number of carbonyl (C=O) groups excluding carboxylic acids is 3. The lowest BCUT2D eigenvalue weighted by Gasteiger charge is -2.24. The highest BCUT2D eigenvalue weighted by atomic mass is 16.3. The standard InChI is InChI=1S/C21H23N3O4/c1-21(28,15-7-3-2-4-8-15)14-22-19(26)20(27)23-16-9-5-10-17(13-16)24-12-6-11-18(24)25/h2-5,7-10,13,28H,6,11-12,14H2,1H3,(H,22,26)(H,23,27). The number of hydrogen-bond donors (Lipinski definition) is 3. The normalized spacial score (nSPS) is 15.8. The lowest BCUT2D eigenvalue weighted by molar-refractivity contribution is -0.136. The highest BCUT2D eigenvalue weighted by Crippen LogP contribution is 2.24. The van der Waals surface area contributed by atoms with E-state index in [1.807, 2.05) is 6.07 Å². The third-order valence-corrected chi connectivity index (χ3v) is 4.68. The molecule has 0 aromatic heterocycles. The first-order valence-electron chi connectivity index (χ1n) is 9.14. The van der Waals surface area contributed by atoms with Crippen LogP contribution in [0.1, 0.15) is 25.3 Å². The molecule has 0 spiro atoms. The quantitative estimate of drug-likeness (QED) is 0.688. The number of rotatable bonds is 5. The minimum Gasteiger partial charge on any atom is -0.384 e. The first kappa shape index (κ1) is 19.6. The minimum atomic E-state index is -1.30. The van der Waals surface area contributed by atoms with E-state index in [0.29, 0.717) is 29.9 Å². The predicted molar refractivity (Wildman–Crippen MR) is 106 cm³/mol. The van der Waals surface area contributed by atoms with E-state index < -0.39 is 17.4 Å². The number of nitrogens with zero attached hydrogens (tertiary/aromatic N) is 1. The highest BCUT2D eigenvalue weighted by Gasteiger charge is 2.26. The van der Waals surface area contributed by atoms with Gasteiger partial charge in [0.05, 0.1) is 6.54 Å². The van der Waals surface area contributed by atoms with Crippen LogP contribution in [0.5, 0.6) is 0 Å². The fraction of sp³-hybridized carbons (Fsp3) is 0.286. The molecule has 7 nitrogen and oxygen atoms in total. The number of nitrogens with one attached hydrogen (secondary N) is 2. The van der Waals surface area contributed by atoms with E-state index >= 15 is 0 Å². The lowest BCUT2D eigenvalue weighted by Crippen LogP contribution is -2.43. The van der Waals surface area contributed by atoms with Crippen LogP contribution in [-0.4, -0.2) is 35.9 Å². The third kappa shape index (κ3) is 4.55. The van der Waals surface area contributed by atoms with E-state index in [0.717, 1.165) is 6.42 Å². The summed E-state index contributed by atoms with van der Waals surface area (Å²) < 4.78 is 0. The van der Waals surface area contributed by atoms with Gasteiger partial charge in [-0.15, -0.1) is 0 Å². The van der Waals surface area contributed by atoms with Gasteiger partial charge in [-0.1, -0.05) is 36.4 Å². The van der Waals surface area contributed by atoms with Crippen LogP contribution >= 0.6 is 0 Å². The fourth-order valence-electron chi connectivity index (χ4n) is 3.09. The molecule has 2 aromatic rings. The topological polar surface area (TPSA) is 98.7 Å². The summed E-state index contributed by atoms with van der Waals surface area (Å²) in [4.78, 5) is 37.8. The Labute approximate surface area is 163 Å². The molecule has 3 N–H and O–H groups in total. The van der Waals surface area contributed by atoms with Crippen molar-refractivity contribution in [2.75, 3.05) is 23.3 Å². The summed E-state index contributed by atoms with van der Waals surface area (Å²) in [6, 6.07) is 15.7. The molecule has 1 heterocycles. The molecule has 0 aliphatic carbocycles. The zero-order valence-corrected chi connectivity index (χ0v) is 15.6. The van der Waals surface area contributed by atoms with Gasteiger partial charge in [0.2, 0.25) is 5.91 Å². The molecule has 0 bridgehead atoms. The second-order valence-electron chi connectivity index (χ2n) is 6.98. The molecule has 1 atom stereocenters. The van der Waals surface area contributed by atoms with Crippen LogP contribution in [-0.2, 0) is 20.0 Å². The van der Waals surface area contributed by atoms with Crippen molar-refractivity contribution in [3.8, 4) is 0 Å². The van der Waals surface area contributed by atoms with Crippen LogP contribution in [0.25, 0.3) is 0 Å². The van der Waals surface area contributed by atoms with Crippen molar-refractivity contribution in [3.63, 3.8) is 0 Å². The predicted octanol–water partition coefficient (Wildman–Crippen LogP) is 1.78. The molecule has 7 heteroatoms. The number of benzene rings is 2. The Morgan fingerprint density at radius 3 is 2.54 bits per heavy atom. The number of amides is 3. The van der Waals surface area contributed by atoms with Crippen molar-refractivity contribution in [2.24, 2.45) is 0 Å². The maximum atomic E-state index is 12.2. The number of carbonyl (C=O) groups is 3. The van der Waals surface area contributed by atoms with Crippen LogP contribution in [0.3, 0.4) is 0 Å². The summed E-state index contributed by atoms with van der Waals surface area (Å²) in [5.74, 6) is -1.64. The van der Waals surface area contributed by atoms with Crippen LogP contribution in [0.4, 0.5) is 11.4 Å². The van der Waals surface area contributed by atoms with Crippen molar-refractivity contribution in [2.45, 2.75) is 25.4 Å². The van der Waals surface area contributed by atoms with Crippen LogP contribution in [0.15, 0.2) is 54.6 Å². The Hall–Kier alpha value is -3.19. The Morgan fingerprint density at radius 1 is 1.11 bits per heavy atom. The van der Waals surface area contributed by atoms with Gasteiger partial charge in [0.15, 0.2) is 0 Å². The second-order valence-corrected chi connectivity index (χ2v) is 6.98. The molecule has 146 valence electrons. The zero-order chi connectivity index (χ0) is 20.1. The van der Waals surface area contributed by atoms with Gasteiger partial charge in [-0.2, -0.15) is 0 Å². The maximum Gasteiger partial charge on any atom is 0.313 e. The first-order chi connectivity index (χ1) is 13.4. The summed E-state index contributed by atoms with van der Waals surface area (Å²) in [5.41, 5.74) is 0.450. The van der Waals surface area contributed by atoms with Crippen LogP contribution < -0.4 is 15.5 Å². The Kier molecular flexibility index (Phi) is 5.75. The fourth-order valence-corrected chi connectivity index (χ4v) is 3.09. The molecule has 1 saturated heterocycles. The second kappa shape index (κ2) is 8.22. The lowest BCUT2D eigenvalue weighted by atomic mass is 9.96. The minimum absolute atomic E-state index is 0.0457. The SMILES string of the molecule is CC(O)(CNC(=O)C(=O)Nc1cccc(N2CCCC2=O)c1)c1ccccc1. The van der Waals surface area contributed by atoms with Gasteiger partial charge < -0.3 is 20.6 Å². The van der Waals surface area contributed by atoms with Crippen LogP contribution in [0.2, 0.25) is 0 Å². The van der Waals surface area contributed by atoms with E-state index in [1.165, 1.54) is 0 Å². The van der Waals surface area contributed by atoms with Crippen molar-refractivity contribution >= 4 is 29.1 Å². The average molecular weight is 381 g/mol. The van der Waals surface area contributed by atoms with Crippen molar-refractivity contribution < 1.29 is 19.5 Å². The highest BCUT2D eigenvalue weighted by molar-refractivity contribution is 6.39.